The van der Waals surface area contributed by atoms with E-state index in [1.165, 1.54) is 26.5 Å². The van der Waals surface area contributed by atoms with Gasteiger partial charge in [-0.15, -0.1) is 0 Å². The molecule has 1 aromatic heterocycles. The first-order valence-electron chi connectivity index (χ1n) is 6.98. The Bertz CT molecular complexity index is 765. The molecule has 0 bridgehead atoms. The zero-order chi connectivity index (χ0) is 17.7. The van der Waals surface area contributed by atoms with Crippen LogP contribution in [-0.2, 0) is 23.8 Å². The molecule has 0 fully saturated rings. The molecular formula is C16H15BrO7. The fourth-order valence-electron chi connectivity index (χ4n) is 2.06. The molecule has 1 aromatic carbocycles. The zero-order valence-corrected chi connectivity index (χ0v) is 14.6. The Morgan fingerprint density at radius 3 is 2.62 bits per heavy atom. The van der Waals surface area contributed by atoms with Gasteiger partial charge in [-0.3, -0.25) is 4.79 Å². The van der Waals surface area contributed by atoms with Crippen LogP contribution in [-0.4, -0.2) is 38.2 Å². The van der Waals surface area contributed by atoms with E-state index < -0.39 is 24.0 Å². The Morgan fingerprint density at radius 2 is 1.96 bits per heavy atom. The van der Waals surface area contributed by atoms with E-state index >= 15 is 0 Å². The van der Waals surface area contributed by atoms with Crippen molar-refractivity contribution in [3.05, 3.63) is 34.5 Å². The molecule has 0 aliphatic heterocycles. The van der Waals surface area contributed by atoms with Crippen LogP contribution in [0.4, 0.5) is 0 Å². The molecule has 7 nitrogen and oxygen atoms in total. The van der Waals surface area contributed by atoms with Gasteiger partial charge in [0.2, 0.25) is 0 Å². The first-order chi connectivity index (χ1) is 11.5. The van der Waals surface area contributed by atoms with Crippen molar-refractivity contribution >= 4 is 44.8 Å². The van der Waals surface area contributed by atoms with Crippen LogP contribution in [0.2, 0.25) is 0 Å². The number of carbonyl (C=O) groups is 3. The quantitative estimate of drug-likeness (QED) is 0.545. The number of methoxy groups -OCH3 is 2. The number of furan rings is 1. The van der Waals surface area contributed by atoms with Crippen LogP contribution in [0.3, 0.4) is 0 Å². The van der Waals surface area contributed by atoms with Crippen molar-refractivity contribution in [1.82, 2.24) is 0 Å². The number of fused-ring (bicyclic) bond motifs is 1. The molecule has 2 aromatic rings. The van der Waals surface area contributed by atoms with Gasteiger partial charge >= 0.3 is 17.9 Å². The number of hydrogen-bond donors (Lipinski definition) is 0. The normalized spacial score (nSPS) is 11.8. The molecule has 1 atom stereocenters. The predicted octanol–water partition coefficient (Wildman–Crippen LogP) is 2.85. The predicted molar refractivity (Wildman–Crippen MR) is 86.4 cm³/mol. The third-order valence-corrected chi connectivity index (χ3v) is 3.88. The minimum atomic E-state index is -1.19. The van der Waals surface area contributed by atoms with Crippen molar-refractivity contribution < 1.29 is 33.0 Å². The molecule has 0 amide bonds. The number of esters is 3. The Labute approximate surface area is 146 Å². The van der Waals surface area contributed by atoms with E-state index in [-0.39, 0.29) is 18.4 Å². The van der Waals surface area contributed by atoms with E-state index in [1.54, 1.807) is 12.1 Å². The molecule has 0 N–H and O–H groups in total. The molecule has 0 radical (unpaired) electrons. The van der Waals surface area contributed by atoms with Crippen LogP contribution in [0, 0.1) is 0 Å². The maximum absolute atomic E-state index is 12.3. The minimum Gasteiger partial charge on any atom is -0.469 e. The summed E-state index contributed by atoms with van der Waals surface area (Å²) in [5.74, 6) is -1.96. The van der Waals surface area contributed by atoms with Crippen molar-refractivity contribution in [3.8, 4) is 0 Å². The van der Waals surface area contributed by atoms with Gasteiger partial charge < -0.3 is 18.6 Å². The summed E-state index contributed by atoms with van der Waals surface area (Å²) in [4.78, 5) is 35.3. The standard InChI is InChI=1S/C16H15BrO7/c1-21-13(18)4-3-12(16(20)22-2)24-15(19)10-7-9-5-6-23-14(9)11(17)8-10/h5-8,12H,3-4H2,1-2H3/t12-/m1/s1. The molecule has 0 saturated carbocycles. The molecule has 0 unspecified atom stereocenters. The van der Waals surface area contributed by atoms with Gasteiger partial charge in [-0.05, 0) is 34.1 Å². The summed E-state index contributed by atoms with van der Waals surface area (Å²) < 4.78 is 20.2. The molecule has 0 aliphatic rings. The van der Waals surface area contributed by atoms with Crippen LogP contribution in [0.5, 0.6) is 0 Å². The first-order valence-corrected chi connectivity index (χ1v) is 7.78. The number of carbonyl (C=O) groups excluding carboxylic acids is 3. The largest absolute Gasteiger partial charge is 0.469 e. The topological polar surface area (TPSA) is 92.0 Å². The van der Waals surface area contributed by atoms with Crippen LogP contribution in [0.25, 0.3) is 11.0 Å². The molecule has 24 heavy (non-hydrogen) atoms. The lowest BCUT2D eigenvalue weighted by Crippen LogP contribution is -2.29. The maximum atomic E-state index is 12.3. The third-order valence-electron chi connectivity index (χ3n) is 3.29. The lowest BCUT2D eigenvalue weighted by atomic mass is 10.1. The van der Waals surface area contributed by atoms with Crippen molar-refractivity contribution in [1.29, 1.82) is 0 Å². The van der Waals surface area contributed by atoms with E-state index in [9.17, 15) is 14.4 Å². The molecule has 0 spiro atoms. The third kappa shape index (κ3) is 4.14. The fraction of sp³-hybridized carbons (Fsp3) is 0.312. The van der Waals surface area contributed by atoms with Gasteiger partial charge in [-0.25, -0.2) is 9.59 Å². The molecule has 128 valence electrons. The smallest absolute Gasteiger partial charge is 0.347 e. The Morgan fingerprint density at radius 1 is 1.21 bits per heavy atom. The van der Waals surface area contributed by atoms with Gasteiger partial charge in [0.1, 0.15) is 5.58 Å². The van der Waals surface area contributed by atoms with E-state index in [2.05, 4.69) is 25.4 Å². The number of hydrogen-bond acceptors (Lipinski definition) is 7. The van der Waals surface area contributed by atoms with Crippen LogP contribution >= 0.6 is 15.9 Å². The second-order valence-electron chi connectivity index (χ2n) is 4.83. The van der Waals surface area contributed by atoms with Gasteiger partial charge in [0, 0.05) is 18.2 Å². The lowest BCUT2D eigenvalue weighted by Gasteiger charge is -2.15. The lowest BCUT2D eigenvalue weighted by molar-refractivity contribution is -0.152. The minimum absolute atomic E-state index is 0.0276. The molecule has 8 heteroatoms. The van der Waals surface area contributed by atoms with Gasteiger partial charge in [-0.2, -0.15) is 0 Å². The van der Waals surface area contributed by atoms with E-state index in [0.29, 0.717) is 15.4 Å². The molecule has 2 rings (SSSR count). The van der Waals surface area contributed by atoms with Gasteiger partial charge in [-0.1, -0.05) is 0 Å². The highest BCUT2D eigenvalue weighted by Gasteiger charge is 2.26. The summed E-state index contributed by atoms with van der Waals surface area (Å²) in [6.45, 7) is 0. The summed E-state index contributed by atoms with van der Waals surface area (Å²) in [6.07, 6.45) is 0.201. The summed E-state index contributed by atoms with van der Waals surface area (Å²) in [6, 6.07) is 4.81. The molecule has 1 heterocycles. The van der Waals surface area contributed by atoms with Crippen LogP contribution in [0.1, 0.15) is 23.2 Å². The Hall–Kier alpha value is -2.35. The number of ether oxygens (including phenoxy) is 3. The SMILES string of the molecule is COC(=O)CC[C@@H](OC(=O)c1cc(Br)c2occc2c1)C(=O)OC. The van der Waals surface area contributed by atoms with Crippen LogP contribution in [0.15, 0.2) is 33.4 Å². The maximum Gasteiger partial charge on any atom is 0.347 e. The number of halogens is 1. The summed E-state index contributed by atoms with van der Waals surface area (Å²) >= 11 is 3.31. The average molecular weight is 399 g/mol. The van der Waals surface area contributed by atoms with Crippen molar-refractivity contribution in [3.63, 3.8) is 0 Å². The monoisotopic (exact) mass is 398 g/mol. The van der Waals surface area contributed by atoms with Crippen molar-refractivity contribution in [2.45, 2.75) is 18.9 Å². The average Bonchev–Trinajstić information content (AvgIpc) is 3.06. The highest BCUT2D eigenvalue weighted by Crippen LogP contribution is 2.27. The second kappa shape index (κ2) is 7.96. The number of benzene rings is 1. The van der Waals surface area contributed by atoms with E-state index in [4.69, 9.17) is 9.15 Å². The second-order valence-corrected chi connectivity index (χ2v) is 5.68. The first kappa shape index (κ1) is 18.0. The fourth-order valence-corrected chi connectivity index (χ4v) is 2.63. The van der Waals surface area contributed by atoms with E-state index in [1.807, 2.05) is 0 Å². The zero-order valence-electron chi connectivity index (χ0n) is 13.0. The van der Waals surface area contributed by atoms with Crippen molar-refractivity contribution in [2.75, 3.05) is 14.2 Å². The Kier molecular flexibility index (Phi) is 5.97. The van der Waals surface area contributed by atoms with Gasteiger partial charge in [0.05, 0.1) is 30.5 Å². The summed E-state index contributed by atoms with van der Waals surface area (Å²) in [5.41, 5.74) is 0.838. The highest BCUT2D eigenvalue weighted by molar-refractivity contribution is 9.10. The van der Waals surface area contributed by atoms with Crippen molar-refractivity contribution in [2.24, 2.45) is 0 Å². The highest BCUT2D eigenvalue weighted by atomic mass is 79.9. The molecular weight excluding hydrogens is 384 g/mol. The van der Waals surface area contributed by atoms with E-state index in [0.717, 1.165) is 0 Å². The number of rotatable bonds is 6. The Balaban J connectivity index is 2.15. The summed E-state index contributed by atoms with van der Waals surface area (Å²) in [5, 5.41) is 0.709. The molecule has 0 saturated heterocycles. The molecule has 0 aliphatic carbocycles. The van der Waals surface area contributed by atoms with Gasteiger partial charge in [0.15, 0.2) is 6.10 Å². The summed E-state index contributed by atoms with van der Waals surface area (Å²) in [7, 11) is 2.41. The van der Waals surface area contributed by atoms with Gasteiger partial charge in [0.25, 0.3) is 0 Å². The van der Waals surface area contributed by atoms with Crippen LogP contribution < -0.4 is 0 Å².